The molecule has 4 rings (SSSR count). The van der Waals surface area contributed by atoms with Gasteiger partial charge in [-0.05, 0) is 42.7 Å². The molecule has 3 aromatic heterocycles. The van der Waals surface area contributed by atoms with Gasteiger partial charge in [0.1, 0.15) is 6.10 Å². The van der Waals surface area contributed by atoms with Gasteiger partial charge in [0, 0.05) is 49.1 Å². The van der Waals surface area contributed by atoms with Gasteiger partial charge in [0.2, 0.25) is 0 Å². The molecule has 0 saturated carbocycles. The molecule has 1 aromatic carbocycles. The van der Waals surface area contributed by atoms with Gasteiger partial charge in [-0.25, -0.2) is 0 Å². The van der Waals surface area contributed by atoms with E-state index < -0.39 is 6.10 Å². The van der Waals surface area contributed by atoms with Crippen LogP contribution >= 0.6 is 22.7 Å². The van der Waals surface area contributed by atoms with E-state index in [1.165, 1.54) is 15.3 Å². The van der Waals surface area contributed by atoms with Crippen LogP contribution < -0.4 is 0 Å². The molecule has 0 aliphatic carbocycles. The van der Waals surface area contributed by atoms with Gasteiger partial charge >= 0.3 is 0 Å². The monoisotopic (exact) mass is 405 g/mol. The third-order valence-electron chi connectivity index (χ3n) is 4.86. The summed E-state index contributed by atoms with van der Waals surface area (Å²) in [5.41, 5.74) is 5.42. The van der Waals surface area contributed by atoms with Crippen molar-refractivity contribution >= 4 is 22.7 Å². The van der Waals surface area contributed by atoms with E-state index in [-0.39, 0.29) is 0 Å². The maximum atomic E-state index is 11.3. The summed E-state index contributed by atoms with van der Waals surface area (Å²) < 4.78 is 0. The zero-order valence-corrected chi connectivity index (χ0v) is 17.7. The topological polar surface area (TPSA) is 33.1 Å². The van der Waals surface area contributed by atoms with Gasteiger partial charge in [0.25, 0.3) is 0 Å². The highest BCUT2D eigenvalue weighted by Crippen LogP contribution is 2.45. The molecule has 0 spiro atoms. The highest BCUT2D eigenvalue weighted by Gasteiger charge is 2.23. The second-order valence-electron chi connectivity index (χ2n) is 6.94. The van der Waals surface area contributed by atoms with Crippen molar-refractivity contribution in [3.8, 4) is 20.9 Å². The Kier molecular flexibility index (Phi) is 5.72. The van der Waals surface area contributed by atoms with E-state index in [1.54, 1.807) is 35.1 Å². The van der Waals surface area contributed by atoms with Crippen molar-refractivity contribution in [2.24, 2.45) is 0 Å². The number of aryl methyl sites for hydroxylation is 2. The van der Waals surface area contributed by atoms with E-state index in [2.05, 4.69) is 60.6 Å². The van der Waals surface area contributed by atoms with E-state index in [4.69, 9.17) is 0 Å². The second-order valence-corrected chi connectivity index (χ2v) is 9.11. The van der Waals surface area contributed by atoms with Crippen LogP contribution in [0, 0.1) is 6.92 Å². The Morgan fingerprint density at radius 2 is 1.89 bits per heavy atom. The SMILES string of the molecule is CCCc1ccc(-c2scc(-c3ccc(C)s3)c2C(O)c2cccnc2)cc1. The fourth-order valence-corrected chi connectivity index (χ4v) is 5.53. The maximum Gasteiger partial charge on any atom is 0.108 e. The van der Waals surface area contributed by atoms with Crippen LogP contribution in [0.25, 0.3) is 20.9 Å². The number of aliphatic hydroxyl groups is 1. The standard InChI is InChI=1S/C24H23NOS2/c1-3-5-17-8-10-18(11-9-17)24-22(23(26)19-6-4-13-25-14-19)20(15-27-24)21-12-7-16(2)28-21/h4,6-15,23,26H,3,5H2,1-2H3. The fraction of sp³-hybridized carbons (Fsp3) is 0.208. The average Bonchev–Trinajstić information content (AvgIpc) is 3.35. The van der Waals surface area contributed by atoms with Gasteiger partial charge in [-0.15, -0.1) is 22.7 Å². The predicted molar refractivity (Wildman–Crippen MR) is 120 cm³/mol. The Hall–Kier alpha value is -2.27. The minimum absolute atomic E-state index is 0.706. The van der Waals surface area contributed by atoms with E-state index in [0.717, 1.165) is 40.0 Å². The first-order valence-electron chi connectivity index (χ1n) is 9.53. The molecule has 1 unspecified atom stereocenters. The van der Waals surface area contributed by atoms with E-state index in [0.29, 0.717) is 0 Å². The van der Waals surface area contributed by atoms with Crippen molar-refractivity contribution in [2.45, 2.75) is 32.8 Å². The minimum atomic E-state index is -0.706. The van der Waals surface area contributed by atoms with Crippen molar-refractivity contribution in [2.75, 3.05) is 0 Å². The lowest BCUT2D eigenvalue weighted by Crippen LogP contribution is -2.02. The zero-order valence-electron chi connectivity index (χ0n) is 16.1. The Labute approximate surface area is 174 Å². The molecule has 142 valence electrons. The van der Waals surface area contributed by atoms with Gasteiger partial charge in [0.15, 0.2) is 0 Å². The highest BCUT2D eigenvalue weighted by molar-refractivity contribution is 7.17. The summed E-state index contributed by atoms with van der Waals surface area (Å²) in [6, 6.07) is 16.9. The van der Waals surface area contributed by atoms with Crippen molar-refractivity contribution in [3.63, 3.8) is 0 Å². The first-order valence-corrected chi connectivity index (χ1v) is 11.2. The van der Waals surface area contributed by atoms with E-state index in [1.807, 2.05) is 12.1 Å². The van der Waals surface area contributed by atoms with Crippen molar-refractivity contribution in [1.82, 2.24) is 4.98 Å². The second kappa shape index (κ2) is 8.39. The molecule has 0 amide bonds. The smallest absolute Gasteiger partial charge is 0.108 e. The fourth-order valence-electron chi connectivity index (χ4n) is 3.45. The highest BCUT2D eigenvalue weighted by atomic mass is 32.1. The minimum Gasteiger partial charge on any atom is -0.384 e. The molecular formula is C24H23NOS2. The lowest BCUT2D eigenvalue weighted by atomic mass is 9.95. The van der Waals surface area contributed by atoms with Crippen molar-refractivity contribution < 1.29 is 5.11 Å². The largest absolute Gasteiger partial charge is 0.384 e. The Balaban J connectivity index is 1.83. The number of aromatic nitrogens is 1. The number of hydrogen-bond acceptors (Lipinski definition) is 4. The molecule has 28 heavy (non-hydrogen) atoms. The third kappa shape index (κ3) is 3.81. The zero-order chi connectivity index (χ0) is 19.5. The van der Waals surface area contributed by atoms with Gasteiger partial charge in [-0.1, -0.05) is 43.7 Å². The first kappa shape index (κ1) is 19.1. The summed E-state index contributed by atoms with van der Waals surface area (Å²) in [6.07, 6.45) is 5.02. The van der Waals surface area contributed by atoms with Crippen LogP contribution in [0.2, 0.25) is 0 Å². The lowest BCUT2D eigenvalue weighted by Gasteiger charge is -2.15. The first-order chi connectivity index (χ1) is 13.7. The molecule has 0 bridgehead atoms. The molecular weight excluding hydrogens is 382 g/mol. The summed E-state index contributed by atoms with van der Waals surface area (Å²) in [5.74, 6) is 0. The summed E-state index contributed by atoms with van der Waals surface area (Å²) in [7, 11) is 0. The normalized spacial score (nSPS) is 12.2. The van der Waals surface area contributed by atoms with Crippen LogP contribution in [-0.4, -0.2) is 10.1 Å². The molecule has 0 saturated heterocycles. The third-order valence-corrected chi connectivity index (χ3v) is 6.94. The number of aliphatic hydroxyl groups excluding tert-OH is 1. The van der Waals surface area contributed by atoms with E-state index in [9.17, 15) is 5.11 Å². The molecule has 1 atom stereocenters. The van der Waals surface area contributed by atoms with Gasteiger partial charge in [0.05, 0.1) is 0 Å². The lowest BCUT2D eigenvalue weighted by molar-refractivity contribution is 0.221. The van der Waals surface area contributed by atoms with E-state index >= 15 is 0 Å². The van der Waals surface area contributed by atoms with Gasteiger partial charge in [-0.2, -0.15) is 0 Å². The molecule has 3 heterocycles. The van der Waals surface area contributed by atoms with Crippen LogP contribution in [0.15, 0.2) is 66.3 Å². The Morgan fingerprint density at radius 3 is 2.54 bits per heavy atom. The molecule has 4 heteroatoms. The number of benzene rings is 1. The number of thiophene rings is 2. The van der Waals surface area contributed by atoms with Crippen molar-refractivity contribution in [3.05, 3.63) is 87.9 Å². The summed E-state index contributed by atoms with van der Waals surface area (Å²) in [6.45, 7) is 4.32. The summed E-state index contributed by atoms with van der Waals surface area (Å²) >= 11 is 3.47. The Bertz CT molecular complexity index is 1050. The average molecular weight is 406 g/mol. The number of rotatable bonds is 6. The molecule has 2 nitrogen and oxygen atoms in total. The molecule has 0 aliphatic heterocycles. The summed E-state index contributed by atoms with van der Waals surface area (Å²) in [4.78, 5) is 7.79. The van der Waals surface area contributed by atoms with Crippen LogP contribution in [0.5, 0.6) is 0 Å². The predicted octanol–water partition coefficient (Wildman–Crippen LogP) is 6.88. The molecule has 0 fully saturated rings. The summed E-state index contributed by atoms with van der Waals surface area (Å²) in [5, 5.41) is 13.5. The van der Waals surface area contributed by atoms with Crippen LogP contribution in [0.4, 0.5) is 0 Å². The molecule has 0 radical (unpaired) electrons. The number of nitrogens with zero attached hydrogens (tertiary/aromatic N) is 1. The van der Waals surface area contributed by atoms with Crippen LogP contribution in [0.3, 0.4) is 0 Å². The van der Waals surface area contributed by atoms with Crippen LogP contribution in [-0.2, 0) is 6.42 Å². The van der Waals surface area contributed by atoms with Crippen LogP contribution in [0.1, 0.15) is 41.0 Å². The number of pyridine rings is 1. The van der Waals surface area contributed by atoms with Crippen molar-refractivity contribution in [1.29, 1.82) is 0 Å². The maximum absolute atomic E-state index is 11.3. The van der Waals surface area contributed by atoms with Gasteiger partial charge < -0.3 is 5.11 Å². The quantitative estimate of drug-likeness (QED) is 0.379. The molecule has 0 aliphatic rings. The molecule has 1 N–H and O–H groups in total. The van der Waals surface area contributed by atoms with Gasteiger partial charge in [-0.3, -0.25) is 4.98 Å². The Morgan fingerprint density at radius 1 is 1.07 bits per heavy atom. The molecule has 4 aromatic rings. The number of hydrogen-bond donors (Lipinski definition) is 1.